The third-order valence-electron chi connectivity index (χ3n) is 3.95. The number of carboxylic acids is 1. The Bertz CT molecular complexity index is 689. The number of aromatic nitrogens is 1. The highest BCUT2D eigenvalue weighted by molar-refractivity contribution is 7.10. The molecule has 3 rings (SSSR count). The van der Waals surface area contributed by atoms with Gasteiger partial charge in [-0.1, -0.05) is 0 Å². The van der Waals surface area contributed by atoms with Crippen molar-refractivity contribution in [1.82, 2.24) is 9.47 Å². The molecule has 2 aromatic heterocycles. The van der Waals surface area contributed by atoms with E-state index < -0.39 is 5.97 Å². The lowest BCUT2D eigenvalue weighted by atomic mass is 10.0. The van der Waals surface area contributed by atoms with Gasteiger partial charge in [0.15, 0.2) is 0 Å². The molecule has 3 heterocycles. The lowest BCUT2D eigenvalue weighted by molar-refractivity contribution is -0.134. The molecule has 0 bridgehead atoms. The van der Waals surface area contributed by atoms with E-state index >= 15 is 0 Å². The van der Waals surface area contributed by atoms with Gasteiger partial charge in [-0.15, -0.1) is 11.3 Å². The van der Waals surface area contributed by atoms with Crippen molar-refractivity contribution < 1.29 is 14.7 Å². The van der Waals surface area contributed by atoms with E-state index in [9.17, 15) is 9.59 Å². The third-order valence-corrected chi connectivity index (χ3v) is 4.95. The fourth-order valence-corrected chi connectivity index (χ4v) is 3.80. The number of carbonyl (C=O) groups excluding carboxylic acids is 1. The second-order valence-electron chi connectivity index (χ2n) is 5.14. The van der Waals surface area contributed by atoms with Gasteiger partial charge in [0.25, 0.3) is 0 Å². The molecule has 2 aromatic rings. The van der Waals surface area contributed by atoms with Crippen molar-refractivity contribution in [3.8, 4) is 0 Å². The van der Waals surface area contributed by atoms with E-state index in [1.807, 2.05) is 11.8 Å². The minimum atomic E-state index is -1.01. The molecule has 21 heavy (non-hydrogen) atoms. The highest BCUT2D eigenvalue weighted by atomic mass is 32.1. The van der Waals surface area contributed by atoms with Crippen molar-refractivity contribution in [2.75, 3.05) is 6.54 Å². The van der Waals surface area contributed by atoms with Gasteiger partial charge in [0.05, 0.1) is 6.04 Å². The highest BCUT2D eigenvalue weighted by Gasteiger charge is 2.28. The van der Waals surface area contributed by atoms with Crippen LogP contribution in [0.25, 0.3) is 0 Å². The smallest absolute Gasteiger partial charge is 0.352 e. The minimum absolute atomic E-state index is 0.0435. The molecule has 0 aromatic carbocycles. The number of aromatic carboxylic acids is 1. The van der Waals surface area contributed by atoms with Crippen LogP contribution in [0.3, 0.4) is 0 Å². The maximum Gasteiger partial charge on any atom is 0.352 e. The number of fused-ring (bicyclic) bond motifs is 1. The van der Waals surface area contributed by atoms with Crippen LogP contribution < -0.4 is 0 Å². The van der Waals surface area contributed by atoms with Crippen LogP contribution in [0.1, 0.15) is 33.9 Å². The van der Waals surface area contributed by atoms with Crippen LogP contribution in [0, 0.1) is 0 Å². The largest absolute Gasteiger partial charge is 0.477 e. The molecule has 0 saturated carbocycles. The molecule has 0 aliphatic carbocycles. The molecule has 1 aliphatic rings. The SMILES string of the molecule is CC1c2ccsc2CCN1C(=O)Cn1cccc1C(=O)O. The summed E-state index contributed by atoms with van der Waals surface area (Å²) < 4.78 is 1.49. The van der Waals surface area contributed by atoms with Gasteiger partial charge in [0.2, 0.25) is 5.91 Å². The van der Waals surface area contributed by atoms with Crippen LogP contribution in [-0.2, 0) is 17.8 Å². The average Bonchev–Trinajstić information content (AvgIpc) is 3.07. The molecule has 110 valence electrons. The Kier molecular flexibility index (Phi) is 3.55. The van der Waals surface area contributed by atoms with Gasteiger partial charge in [0, 0.05) is 17.6 Å². The van der Waals surface area contributed by atoms with Crippen LogP contribution in [0.5, 0.6) is 0 Å². The number of thiophene rings is 1. The lowest BCUT2D eigenvalue weighted by Gasteiger charge is -2.34. The molecule has 1 N–H and O–H groups in total. The van der Waals surface area contributed by atoms with E-state index in [0.29, 0.717) is 6.54 Å². The van der Waals surface area contributed by atoms with Crippen LogP contribution in [0.4, 0.5) is 0 Å². The molecule has 1 atom stereocenters. The number of rotatable bonds is 3. The summed E-state index contributed by atoms with van der Waals surface area (Å²) >= 11 is 1.73. The van der Waals surface area contributed by atoms with Gasteiger partial charge in [-0.3, -0.25) is 4.79 Å². The fourth-order valence-electron chi connectivity index (χ4n) is 2.83. The average molecular weight is 304 g/mol. The summed E-state index contributed by atoms with van der Waals surface area (Å²) in [5, 5.41) is 11.1. The Hall–Kier alpha value is -2.08. The Morgan fingerprint density at radius 1 is 1.43 bits per heavy atom. The zero-order valence-electron chi connectivity index (χ0n) is 11.7. The first-order valence-electron chi connectivity index (χ1n) is 6.82. The number of carboxylic acid groups (broad SMARTS) is 1. The Labute approximate surface area is 126 Å². The topological polar surface area (TPSA) is 62.5 Å². The van der Waals surface area contributed by atoms with Crippen molar-refractivity contribution in [2.45, 2.75) is 25.9 Å². The molecular weight excluding hydrogens is 288 g/mol. The number of amides is 1. The van der Waals surface area contributed by atoms with E-state index in [2.05, 4.69) is 11.4 Å². The normalized spacial score (nSPS) is 17.6. The molecule has 0 saturated heterocycles. The van der Waals surface area contributed by atoms with E-state index in [1.165, 1.54) is 21.1 Å². The van der Waals surface area contributed by atoms with Crippen molar-refractivity contribution in [1.29, 1.82) is 0 Å². The second kappa shape index (κ2) is 5.37. The zero-order valence-corrected chi connectivity index (χ0v) is 12.5. The van der Waals surface area contributed by atoms with Gasteiger partial charge in [-0.2, -0.15) is 0 Å². The van der Waals surface area contributed by atoms with Crippen molar-refractivity contribution in [2.24, 2.45) is 0 Å². The van der Waals surface area contributed by atoms with Crippen LogP contribution >= 0.6 is 11.3 Å². The molecule has 5 nitrogen and oxygen atoms in total. The fraction of sp³-hybridized carbons (Fsp3) is 0.333. The predicted molar refractivity (Wildman–Crippen MR) is 79.5 cm³/mol. The summed E-state index contributed by atoms with van der Waals surface area (Å²) in [5.41, 5.74) is 1.36. The van der Waals surface area contributed by atoms with Gasteiger partial charge in [-0.25, -0.2) is 4.79 Å². The highest BCUT2D eigenvalue weighted by Crippen LogP contribution is 2.32. The van der Waals surface area contributed by atoms with Crippen LogP contribution in [-0.4, -0.2) is 33.0 Å². The maximum atomic E-state index is 12.5. The van der Waals surface area contributed by atoms with Gasteiger partial charge in [-0.05, 0) is 42.5 Å². The second-order valence-corrected chi connectivity index (χ2v) is 6.14. The molecule has 1 amide bonds. The van der Waals surface area contributed by atoms with Crippen molar-refractivity contribution >= 4 is 23.2 Å². The van der Waals surface area contributed by atoms with E-state index in [0.717, 1.165) is 6.42 Å². The quantitative estimate of drug-likeness (QED) is 0.947. The third kappa shape index (κ3) is 2.47. The number of carbonyl (C=O) groups is 2. The van der Waals surface area contributed by atoms with Crippen LogP contribution in [0.15, 0.2) is 29.8 Å². The molecule has 0 spiro atoms. The van der Waals surface area contributed by atoms with Crippen molar-refractivity contribution in [3.05, 3.63) is 45.9 Å². The molecular formula is C15H16N2O3S. The zero-order chi connectivity index (χ0) is 15.0. The number of nitrogens with zero attached hydrogens (tertiary/aromatic N) is 2. The van der Waals surface area contributed by atoms with Gasteiger partial charge < -0.3 is 14.6 Å². The minimum Gasteiger partial charge on any atom is -0.477 e. The first-order chi connectivity index (χ1) is 10.1. The Morgan fingerprint density at radius 2 is 2.24 bits per heavy atom. The molecule has 6 heteroatoms. The first kappa shape index (κ1) is 13.9. The monoisotopic (exact) mass is 304 g/mol. The summed E-state index contributed by atoms with van der Waals surface area (Å²) in [6, 6.07) is 5.28. The molecule has 0 fully saturated rings. The first-order valence-corrected chi connectivity index (χ1v) is 7.70. The van der Waals surface area contributed by atoms with Crippen LogP contribution in [0.2, 0.25) is 0 Å². The number of hydrogen-bond donors (Lipinski definition) is 1. The van der Waals surface area contributed by atoms with Crippen molar-refractivity contribution in [3.63, 3.8) is 0 Å². The van der Waals surface area contributed by atoms with Gasteiger partial charge >= 0.3 is 5.97 Å². The molecule has 0 radical (unpaired) electrons. The summed E-state index contributed by atoms with van der Waals surface area (Å²) in [6.45, 7) is 2.78. The molecule has 1 aliphatic heterocycles. The summed E-state index contributed by atoms with van der Waals surface area (Å²) in [7, 11) is 0. The number of hydrogen-bond acceptors (Lipinski definition) is 3. The summed E-state index contributed by atoms with van der Waals surface area (Å²) in [5.74, 6) is -1.06. The van der Waals surface area contributed by atoms with Gasteiger partial charge in [0.1, 0.15) is 12.2 Å². The Balaban J connectivity index is 1.77. The predicted octanol–water partition coefficient (Wildman–Crippen LogP) is 2.39. The molecule has 1 unspecified atom stereocenters. The maximum absolute atomic E-state index is 12.5. The summed E-state index contributed by atoms with van der Waals surface area (Å²) in [4.78, 5) is 26.8. The van der Waals surface area contributed by atoms with E-state index in [1.54, 1.807) is 23.6 Å². The standard InChI is InChI=1S/C15H16N2O3S/c1-10-11-5-8-21-13(11)4-7-17(10)14(18)9-16-6-2-3-12(16)15(19)20/h2-3,5-6,8,10H,4,7,9H2,1H3,(H,19,20). The van der Waals surface area contributed by atoms with E-state index in [-0.39, 0.29) is 24.2 Å². The summed E-state index contributed by atoms with van der Waals surface area (Å²) in [6.07, 6.45) is 2.51. The van der Waals surface area contributed by atoms with E-state index in [4.69, 9.17) is 5.11 Å². The lowest BCUT2D eigenvalue weighted by Crippen LogP contribution is -2.40. The Morgan fingerprint density at radius 3 is 3.00 bits per heavy atom.